The fourth-order valence-electron chi connectivity index (χ4n) is 2.33. The first-order valence-corrected chi connectivity index (χ1v) is 7.09. The van der Waals surface area contributed by atoms with E-state index in [1.54, 1.807) is 11.8 Å². The van der Waals surface area contributed by atoms with Crippen molar-refractivity contribution in [3.05, 3.63) is 17.8 Å². The van der Waals surface area contributed by atoms with Crippen molar-refractivity contribution in [3.63, 3.8) is 0 Å². The second kappa shape index (κ2) is 5.61. The summed E-state index contributed by atoms with van der Waals surface area (Å²) in [5, 5.41) is 10.2. The number of carbonyl (C=O) groups is 1. The molecule has 2 rings (SSSR count). The molecule has 2 atom stereocenters. The number of pyridine rings is 1. The molecule has 0 saturated heterocycles. The Labute approximate surface area is 111 Å². The molecule has 0 radical (unpaired) electrons. The van der Waals surface area contributed by atoms with Crippen LogP contribution in [0.5, 0.6) is 0 Å². The van der Waals surface area contributed by atoms with Crippen molar-refractivity contribution in [1.29, 1.82) is 0 Å². The van der Waals surface area contributed by atoms with Crippen LogP contribution in [-0.4, -0.2) is 21.3 Å². The SMILES string of the molecule is CC1CCCC(Sc2ncc(C(=O)O)cc2N)C1. The summed E-state index contributed by atoms with van der Waals surface area (Å²) in [6, 6.07) is 1.49. The number of carboxylic acid groups (broad SMARTS) is 1. The average Bonchev–Trinajstić information content (AvgIpc) is 2.31. The zero-order valence-corrected chi connectivity index (χ0v) is 11.2. The fourth-order valence-corrected chi connectivity index (χ4v) is 3.66. The van der Waals surface area contributed by atoms with Gasteiger partial charge in [0, 0.05) is 11.4 Å². The van der Waals surface area contributed by atoms with Gasteiger partial charge in [-0.1, -0.05) is 19.8 Å². The molecule has 3 N–H and O–H groups in total. The second-order valence-electron chi connectivity index (χ2n) is 4.94. The van der Waals surface area contributed by atoms with E-state index in [0.717, 1.165) is 10.9 Å². The summed E-state index contributed by atoms with van der Waals surface area (Å²) in [5.41, 5.74) is 6.48. The predicted molar refractivity (Wildman–Crippen MR) is 72.9 cm³/mol. The first-order chi connectivity index (χ1) is 8.56. The number of hydrogen-bond acceptors (Lipinski definition) is 4. The molecule has 18 heavy (non-hydrogen) atoms. The van der Waals surface area contributed by atoms with Gasteiger partial charge in [0.05, 0.1) is 11.3 Å². The molecule has 1 aromatic heterocycles. The molecule has 5 heteroatoms. The Morgan fingerprint density at radius 3 is 2.94 bits per heavy atom. The van der Waals surface area contributed by atoms with Crippen molar-refractivity contribution in [2.24, 2.45) is 5.92 Å². The molecular formula is C13H18N2O2S. The van der Waals surface area contributed by atoms with E-state index < -0.39 is 5.97 Å². The lowest BCUT2D eigenvalue weighted by molar-refractivity contribution is 0.0696. The van der Waals surface area contributed by atoms with Crippen LogP contribution in [0.25, 0.3) is 0 Å². The van der Waals surface area contributed by atoms with Crippen LogP contribution < -0.4 is 5.73 Å². The van der Waals surface area contributed by atoms with Crippen molar-refractivity contribution >= 4 is 23.4 Å². The Morgan fingerprint density at radius 2 is 2.33 bits per heavy atom. The molecule has 1 aliphatic rings. The molecule has 1 aliphatic carbocycles. The Morgan fingerprint density at radius 1 is 1.56 bits per heavy atom. The van der Waals surface area contributed by atoms with Crippen molar-refractivity contribution in [2.45, 2.75) is 42.9 Å². The Bertz CT molecular complexity index is 451. The van der Waals surface area contributed by atoms with Crippen LogP contribution >= 0.6 is 11.8 Å². The van der Waals surface area contributed by atoms with Gasteiger partial charge >= 0.3 is 5.97 Å². The first kappa shape index (κ1) is 13.2. The smallest absolute Gasteiger partial charge is 0.337 e. The quantitative estimate of drug-likeness (QED) is 0.879. The molecule has 4 nitrogen and oxygen atoms in total. The summed E-state index contributed by atoms with van der Waals surface area (Å²) in [5.74, 6) is -0.229. The first-order valence-electron chi connectivity index (χ1n) is 6.21. The van der Waals surface area contributed by atoms with E-state index in [9.17, 15) is 4.79 Å². The summed E-state index contributed by atoms with van der Waals surface area (Å²) < 4.78 is 0. The molecule has 0 aromatic carbocycles. The average molecular weight is 266 g/mol. The predicted octanol–water partition coefficient (Wildman–Crippen LogP) is 3.03. The summed E-state index contributed by atoms with van der Waals surface area (Å²) >= 11 is 1.69. The molecule has 98 valence electrons. The molecule has 0 amide bonds. The number of aromatic carboxylic acids is 1. The molecule has 0 aliphatic heterocycles. The molecule has 2 unspecified atom stereocenters. The number of anilines is 1. The molecule has 1 fully saturated rings. The lowest BCUT2D eigenvalue weighted by Crippen LogP contribution is -2.15. The number of nitrogen functional groups attached to an aromatic ring is 1. The van der Waals surface area contributed by atoms with Crippen LogP contribution in [0.2, 0.25) is 0 Å². The van der Waals surface area contributed by atoms with E-state index in [1.165, 1.54) is 37.9 Å². The highest BCUT2D eigenvalue weighted by atomic mass is 32.2. The van der Waals surface area contributed by atoms with Crippen molar-refractivity contribution in [3.8, 4) is 0 Å². The van der Waals surface area contributed by atoms with Gasteiger partial charge in [0.2, 0.25) is 0 Å². The molecular weight excluding hydrogens is 248 g/mol. The maximum atomic E-state index is 10.8. The minimum atomic E-state index is -0.989. The van der Waals surface area contributed by atoms with Crippen LogP contribution in [-0.2, 0) is 0 Å². The highest BCUT2D eigenvalue weighted by molar-refractivity contribution is 8.00. The number of aromatic nitrogens is 1. The summed E-state index contributed by atoms with van der Waals surface area (Å²) in [7, 11) is 0. The number of carboxylic acids is 1. The van der Waals surface area contributed by atoms with Crippen LogP contribution in [0.1, 0.15) is 43.0 Å². The standard InChI is InChI=1S/C13H18N2O2S/c1-8-3-2-4-10(5-8)18-12-11(14)6-9(7-15-12)13(16)17/h6-8,10H,2-5,14H2,1H3,(H,16,17). The molecule has 1 aromatic rings. The lowest BCUT2D eigenvalue weighted by atomic mass is 9.91. The van der Waals surface area contributed by atoms with Gasteiger partial charge < -0.3 is 10.8 Å². The highest BCUT2D eigenvalue weighted by Gasteiger charge is 2.21. The highest BCUT2D eigenvalue weighted by Crippen LogP contribution is 2.37. The monoisotopic (exact) mass is 266 g/mol. The van der Waals surface area contributed by atoms with E-state index in [4.69, 9.17) is 10.8 Å². The van der Waals surface area contributed by atoms with Gasteiger partial charge in [0.1, 0.15) is 5.03 Å². The topological polar surface area (TPSA) is 76.2 Å². The van der Waals surface area contributed by atoms with Gasteiger partial charge in [-0.05, 0) is 24.8 Å². The van der Waals surface area contributed by atoms with Gasteiger partial charge in [-0.3, -0.25) is 0 Å². The Kier molecular flexibility index (Phi) is 4.11. The van der Waals surface area contributed by atoms with E-state index in [2.05, 4.69) is 11.9 Å². The Hall–Kier alpha value is -1.23. The minimum absolute atomic E-state index is 0.147. The van der Waals surface area contributed by atoms with E-state index >= 15 is 0 Å². The van der Waals surface area contributed by atoms with Crippen molar-refractivity contribution in [1.82, 2.24) is 4.98 Å². The number of rotatable bonds is 3. The van der Waals surface area contributed by atoms with Crippen LogP contribution in [0.3, 0.4) is 0 Å². The van der Waals surface area contributed by atoms with Gasteiger partial charge in [-0.2, -0.15) is 0 Å². The normalized spacial score (nSPS) is 23.8. The fraction of sp³-hybridized carbons (Fsp3) is 0.538. The van der Waals surface area contributed by atoms with Gasteiger partial charge in [-0.15, -0.1) is 11.8 Å². The van der Waals surface area contributed by atoms with Crippen LogP contribution in [0, 0.1) is 5.92 Å². The van der Waals surface area contributed by atoms with Gasteiger partial charge in [-0.25, -0.2) is 9.78 Å². The van der Waals surface area contributed by atoms with Gasteiger partial charge in [0.15, 0.2) is 0 Å². The van der Waals surface area contributed by atoms with Crippen LogP contribution in [0.4, 0.5) is 5.69 Å². The lowest BCUT2D eigenvalue weighted by Gasteiger charge is -2.26. The summed E-state index contributed by atoms with van der Waals surface area (Å²) in [6.45, 7) is 2.27. The van der Waals surface area contributed by atoms with E-state index in [1.807, 2.05) is 0 Å². The maximum absolute atomic E-state index is 10.8. The summed E-state index contributed by atoms with van der Waals surface area (Å²) in [4.78, 5) is 15.0. The largest absolute Gasteiger partial charge is 0.478 e. The zero-order chi connectivity index (χ0) is 13.1. The summed E-state index contributed by atoms with van der Waals surface area (Å²) in [6.07, 6.45) is 6.32. The van der Waals surface area contributed by atoms with E-state index in [-0.39, 0.29) is 5.56 Å². The number of hydrogen-bond donors (Lipinski definition) is 2. The third-order valence-electron chi connectivity index (χ3n) is 3.29. The van der Waals surface area contributed by atoms with E-state index in [0.29, 0.717) is 10.9 Å². The third-order valence-corrected chi connectivity index (χ3v) is 4.62. The van der Waals surface area contributed by atoms with Crippen molar-refractivity contribution in [2.75, 3.05) is 5.73 Å². The maximum Gasteiger partial charge on any atom is 0.337 e. The molecule has 0 bridgehead atoms. The zero-order valence-electron chi connectivity index (χ0n) is 10.4. The number of nitrogens with two attached hydrogens (primary N) is 1. The number of nitrogens with zero attached hydrogens (tertiary/aromatic N) is 1. The van der Waals surface area contributed by atoms with Crippen LogP contribution in [0.15, 0.2) is 17.3 Å². The molecule has 1 heterocycles. The molecule has 0 spiro atoms. The molecule has 1 saturated carbocycles. The third kappa shape index (κ3) is 3.16. The second-order valence-corrected chi connectivity index (χ2v) is 6.22. The minimum Gasteiger partial charge on any atom is -0.478 e. The van der Waals surface area contributed by atoms with Crippen molar-refractivity contribution < 1.29 is 9.90 Å². The Balaban J connectivity index is 2.07. The van der Waals surface area contributed by atoms with Gasteiger partial charge in [0.25, 0.3) is 0 Å². The number of thioether (sulfide) groups is 1.